The lowest BCUT2D eigenvalue weighted by Crippen LogP contribution is -1.72. The summed E-state index contributed by atoms with van der Waals surface area (Å²) in [5, 5.41) is 0. The summed E-state index contributed by atoms with van der Waals surface area (Å²) in [7, 11) is 0. The van der Waals surface area contributed by atoms with E-state index in [1.807, 2.05) is 0 Å². The van der Waals surface area contributed by atoms with Crippen molar-refractivity contribution in [1.29, 1.82) is 0 Å². The lowest BCUT2D eigenvalue weighted by molar-refractivity contribution is 0.680. The summed E-state index contributed by atoms with van der Waals surface area (Å²) < 4.78 is 0. The molecule has 0 heterocycles. The second-order valence-corrected chi connectivity index (χ2v) is 2.48. The summed E-state index contributed by atoms with van der Waals surface area (Å²) in [6.07, 6.45) is 6.29. The van der Waals surface area contributed by atoms with Gasteiger partial charge in [-0.05, 0) is 11.3 Å². The van der Waals surface area contributed by atoms with Crippen LogP contribution >= 0.6 is 15.9 Å². The molecule has 0 aliphatic carbocycles. The molecule has 0 atom stereocenters. The van der Waals surface area contributed by atoms with Crippen molar-refractivity contribution in [3.8, 4) is 10.8 Å². The van der Waals surface area contributed by atoms with Crippen molar-refractivity contribution in [3.63, 3.8) is 0 Å². The number of halogens is 1. The molecule has 0 saturated carbocycles. The van der Waals surface area contributed by atoms with Crippen LogP contribution in [0.15, 0.2) is 0 Å². The number of unbranched alkanes of at least 4 members (excludes halogenated alkanes) is 4. The van der Waals surface area contributed by atoms with Crippen molar-refractivity contribution < 1.29 is 0 Å². The first-order valence-electron chi connectivity index (χ1n) is 3.50. The highest BCUT2D eigenvalue weighted by atomic mass is 75.9. The first-order valence-corrected chi connectivity index (χ1v) is 4.29. The van der Waals surface area contributed by atoms with E-state index >= 15 is 0 Å². The Bertz CT molecular complexity index is 96.9. The van der Waals surface area contributed by atoms with Crippen molar-refractivity contribution in [2.45, 2.75) is 39.0 Å². The normalized spacial score (nSPS) is 8.22. The Kier molecular flexibility index (Phi) is 8.08. The molecule has 52 valence electrons. The van der Waals surface area contributed by atoms with Crippen LogP contribution in [0.3, 0.4) is 0 Å². The smallest absolute Gasteiger partial charge is 0.0106 e. The van der Waals surface area contributed by atoms with Crippen LogP contribution in [-0.2, 0) is 0 Å². The Hall–Kier alpha value is 0.0400. The van der Waals surface area contributed by atoms with Gasteiger partial charge in [-0.15, -0.1) is 0 Å². The summed E-state index contributed by atoms with van der Waals surface area (Å²) in [6, 6.07) is 0. The van der Waals surface area contributed by atoms with Crippen LogP contribution in [-0.4, -0.2) is 0 Å². The highest BCUT2D eigenvalue weighted by Gasteiger charge is 1.82. The van der Waals surface area contributed by atoms with E-state index in [1.54, 1.807) is 0 Å². The summed E-state index contributed by atoms with van der Waals surface area (Å²) in [5.74, 6) is 2.97. The molecule has 0 aromatic carbocycles. The van der Waals surface area contributed by atoms with Crippen molar-refractivity contribution in [3.05, 3.63) is 0 Å². The van der Waals surface area contributed by atoms with E-state index in [2.05, 4.69) is 33.6 Å². The van der Waals surface area contributed by atoms with Crippen LogP contribution in [0.2, 0.25) is 0 Å². The minimum absolute atomic E-state index is 1.05. The molecule has 0 aromatic heterocycles. The van der Waals surface area contributed by atoms with Gasteiger partial charge in [0.15, 0.2) is 0 Å². The summed E-state index contributed by atoms with van der Waals surface area (Å²) in [6.45, 7) is 2.22. The fourth-order valence-corrected chi connectivity index (χ4v) is 0.886. The molecule has 1 heteroatoms. The fraction of sp³-hybridized carbons (Fsp3) is 0.750. The van der Waals surface area contributed by atoms with E-state index in [-0.39, 0.29) is 0 Å². The molecule has 0 fully saturated rings. The summed E-state index contributed by atoms with van der Waals surface area (Å²) in [5.41, 5.74) is 0. The highest BCUT2D eigenvalue weighted by molar-refractivity contribution is 9.12. The third-order valence-electron chi connectivity index (χ3n) is 1.22. The Morgan fingerprint density at radius 1 is 1.22 bits per heavy atom. The van der Waals surface area contributed by atoms with Gasteiger partial charge in [0, 0.05) is 22.4 Å². The summed E-state index contributed by atoms with van der Waals surface area (Å²) in [4.78, 5) is 2.71. The van der Waals surface area contributed by atoms with Gasteiger partial charge in [-0.1, -0.05) is 32.1 Å². The zero-order valence-corrected chi connectivity index (χ0v) is 7.50. The average molecular weight is 185 g/mol. The molecular formula is C8H13Br. The zero-order chi connectivity index (χ0) is 6.95. The van der Waals surface area contributed by atoms with E-state index in [9.17, 15) is 0 Å². The van der Waals surface area contributed by atoms with Gasteiger partial charge >= 0.3 is 0 Å². The van der Waals surface area contributed by atoms with Gasteiger partial charge in [0.1, 0.15) is 0 Å². The van der Waals surface area contributed by atoms with Crippen LogP contribution in [0.4, 0.5) is 0 Å². The standard InChI is InChI=1S/C8H13Br/c1-2-3-4-5-6-7-8-9/h2-6H2,1H3/i9-4. The number of hydrogen-bond acceptors (Lipinski definition) is 0. The van der Waals surface area contributed by atoms with Gasteiger partial charge in [0.25, 0.3) is 0 Å². The van der Waals surface area contributed by atoms with Crippen molar-refractivity contribution in [2.75, 3.05) is 0 Å². The van der Waals surface area contributed by atoms with Gasteiger partial charge in [-0.25, -0.2) is 0 Å². The van der Waals surface area contributed by atoms with Crippen molar-refractivity contribution >= 4 is 15.9 Å². The van der Waals surface area contributed by atoms with E-state index in [0.29, 0.717) is 0 Å². The lowest BCUT2D eigenvalue weighted by Gasteiger charge is -1.90. The molecular weight excluding hydrogens is 172 g/mol. The third-order valence-corrected chi connectivity index (χ3v) is 1.50. The van der Waals surface area contributed by atoms with Crippen molar-refractivity contribution in [2.24, 2.45) is 0 Å². The monoisotopic (exact) mass is 185 g/mol. The number of hydrogen-bond donors (Lipinski definition) is 0. The molecule has 0 spiro atoms. The third kappa shape index (κ3) is 8.04. The van der Waals surface area contributed by atoms with E-state index < -0.39 is 0 Å². The molecule has 0 aliphatic rings. The molecule has 9 heavy (non-hydrogen) atoms. The molecule has 0 aliphatic heterocycles. The molecule has 0 saturated heterocycles. The van der Waals surface area contributed by atoms with Crippen molar-refractivity contribution in [1.82, 2.24) is 0 Å². The predicted molar refractivity (Wildman–Crippen MR) is 45.5 cm³/mol. The molecule has 0 radical (unpaired) electrons. The van der Waals surface area contributed by atoms with Crippen LogP contribution in [0.5, 0.6) is 0 Å². The highest BCUT2D eigenvalue weighted by Crippen LogP contribution is 2.00. The van der Waals surface area contributed by atoms with Gasteiger partial charge in [0.2, 0.25) is 0 Å². The predicted octanol–water partition coefficient (Wildman–Crippen LogP) is 3.31. The molecule has 0 aromatic rings. The van der Waals surface area contributed by atoms with Crippen LogP contribution < -0.4 is 0 Å². The lowest BCUT2D eigenvalue weighted by atomic mass is 10.2. The maximum atomic E-state index is 3.06. The van der Waals surface area contributed by atoms with E-state index in [1.165, 1.54) is 25.7 Å². The number of rotatable bonds is 4. The first kappa shape index (κ1) is 9.04. The molecule has 0 nitrogen and oxygen atoms in total. The molecule has 0 bridgehead atoms. The topological polar surface area (TPSA) is 0 Å². The zero-order valence-electron chi connectivity index (χ0n) is 5.91. The van der Waals surface area contributed by atoms with Gasteiger partial charge in [-0.3, -0.25) is 0 Å². The molecule has 0 amide bonds. The second kappa shape index (κ2) is 8.04. The second-order valence-electron chi connectivity index (χ2n) is 2.08. The first-order chi connectivity index (χ1) is 4.41. The summed E-state index contributed by atoms with van der Waals surface area (Å²) >= 11 is 3.06. The Morgan fingerprint density at radius 3 is 2.56 bits per heavy atom. The van der Waals surface area contributed by atoms with E-state index in [4.69, 9.17) is 0 Å². The fourth-order valence-electron chi connectivity index (χ4n) is 0.687. The maximum absolute atomic E-state index is 3.06. The van der Waals surface area contributed by atoms with Gasteiger partial charge in [-0.2, -0.15) is 0 Å². The molecule has 0 N–H and O–H groups in total. The minimum Gasteiger partial charge on any atom is -0.0908 e. The van der Waals surface area contributed by atoms with Crippen LogP contribution in [0.25, 0.3) is 0 Å². The SMILES string of the molecule is CCCCCCC#C[76Br]. The average Bonchev–Trinajstić information content (AvgIpc) is 1.89. The van der Waals surface area contributed by atoms with Gasteiger partial charge < -0.3 is 0 Å². The van der Waals surface area contributed by atoms with Crippen LogP contribution in [0, 0.1) is 10.8 Å². The minimum atomic E-state index is 1.05. The largest absolute Gasteiger partial charge is 0.0908 e. The Morgan fingerprint density at radius 2 is 2.00 bits per heavy atom. The Labute approximate surface area is 66.2 Å². The quantitative estimate of drug-likeness (QED) is 0.465. The molecule has 0 rings (SSSR count). The maximum Gasteiger partial charge on any atom is 0.0106 e. The van der Waals surface area contributed by atoms with Gasteiger partial charge in [0.05, 0.1) is 0 Å². The van der Waals surface area contributed by atoms with Crippen LogP contribution in [0.1, 0.15) is 39.0 Å². The Balaban J connectivity index is 2.80. The van der Waals surface area contributed by atoms with E-state index in [0.717, 1.165) is 6.42 Å². The molecule has 0 unspecified atom stereocenters.